The Labute approximate surface area is 171 Å². The first-order valence-corrected chi connectivity index (χ1v) is 12.6. The molecule has 0 heterocycles. The van der Waals surface area contributed by atoms with Crippen molar-refractivity contribution in [1.82, 2.24) is 0 Å². The molecule has 0 radical (unpaired) electrons. The Balaban J connectivity index is 3.04. The zero-order chi connectivity index (χ0) is 18.1. The molecule has 0 aliphatic carbocycles. The normalized spacial score (nSPS) is 12.0. The summed E-state index contributed by atoms with van der Waals surface area (Å²) in [6.07, 6.45) is 19.4. The summed E-state index contributed by atoms with van der Waals surface area (Å²) in [5.74, 6) is 0. The van der Waals surface area contributed by atoms with Crippen molar-refractivity contribution in [2.45, 2.75) is 99.7 Å². The van der Waals surface area contributed by atoms with E-state index in [9.17, 15) is 0 Å². The number of ether oxygens (including phenoxy) is 1. The van der Waals surface area contributed by atoms with Crippen molar-refractivity contribution >= 4 is 42.1 Å². The maximum atomic E-state index is 5.52. The van der Waals surface area contributed by atoms with E-state index in [-0.39, 0.29) is 2.86 Å². The lowest BCUT2D eigenvalue weighted by molar-refractivity contribution is 0.151. The molecule has 0 N–H and O–H groups in total. The molecular weight excluding hydrogens is 444 g/mol. The van der Waals surface area contributed by atoms with E-state index in [2.05, 4.69) is 38.4 Å². The first-order valence-electron chi connectivity index (χ1n) is 10.0. The molecule has 0 spiro atoms. The van der Waals surface area contributed by atoms with Crippen LogP contribution in [-0.2, 0) is 4.74 Å². The largest absolute Gasteiger partial charge is 0.377 e. The molecule has 0 unspecified atom stereocenters. The summed E-state index contributed by atoms with van der Waals surface area (Å²) in [7, 11) is 1.17. The van der Waals surface area contributed by atoms with Crippen molar-refractivity contribution in [3.8, 4) is 0 Å². The van der Waals surface area contributed by atoms with Crippen LogP contribution in [0.4, 0.5) is 0 Å². The van der Waals surface area contributed by atoms with Crippen LogP contribution in [0.5, 0.6) is 0 Å². The van der Waals surface area contributed by atoms with Gasteiger partial charge in [-0.25, -0.2) is 0 Å². The Kier molecular flexibility index (Phi) is 17.9. The molecule has 0 aromatic rings. The third-order valence-corrected chi connectivity index (χ3v) is 5.55. The predicted octanol–water partition coefficient (Wildman–Crippen LogP) is 6.85. The van der Waals surface area contributed by atoms with Crippen LogP contribution in [0, 0.1) is 0 Å². The van der Waals surface area contributed by atoms with Crippen molar-refractivity contribution in [3.05, 3.63) is 12.2 Å². The molecule has 1 nitrogen and oxygen atoms in total. The zero-order valence-electron chi connectivity index (χ0n) is 16.2. The number of alkyl halides is 2. The minimum absolute atomic E-state index is 0.289. The molecule has 4 heteroatoms. The lowest BCUT2D eigenvalue weighted by atomic mass is 10.0. The van der Waals surface area contributed by atoms with Gasteiger partial charge in [0, 0.05) is 16.8 Å². The standard InChI is InChI=1S/C20H40Br2OSi/c1-19(2)18-23-17-15-13-11-9-7-5-3-4-6-8-10-12-14-16-20(21,22)24/h1,3-18H2,2,24H3. The lowest BCUT2D eigenvalue weighted by Crippen LogP contribution is -2.09. The average molecular weight is 484 g/mol. The van der Waals surface area contributed by atoms with Crippen LogP contribution in [0.25, 0.3) is 0 Å². The van der Waals surface area contributed by atoms with Crippen LogP contribution in [0.1, 0.15) is 96.8 Å². The summed E-state index contributed by atoms with van der Waals surface area (Å²) in [5, 5.41) is 0. The Hall–Kier alpha value is 0.877. The van der Waals surface area contributed by atoms with Crippen molar-refractivity contribution in [2.24, 2.45) is 0 Å². The van der Waals surface area contributed by atoms with Crippen molar-refractivity contribution in [3.63, 3.8) is 0 Å². The topological polar surface area (TPSA) is 9.23 Å². The predicted molar refractivity (Wildman–Crippen MR) is 121 cm³/mol. The molecule has 0 saturated heterocycles. The summed E-state index contributed by atoms with van der Waals surface area (Å²) < 4.78 is 5.81. The summed E-state index contributed by atoms with van der Waals surface area (Å²) in [6, 6.07) is 0. The van der Waals surface area contributed by atoms with Crippen LogP contribution in [-0.4, -0.2) is 26.3 Å². The molecule has 24 heavy (non-hydrogen) atoms. The molecule has 144 valence electrons. The van der Waals surface area contributed by atoms with E-state index in [1.54, 1.807) is 0 Å². The Morgan fingerprint density at radius 3 is 1.54 bits per heavy atom. The van der Waals surface area contributed by atoms with Crippen LogP contribution >= 0.6 is 31.9 Å². The number of hydrogen-bond acceptors (Lipinski definition) is 1. The van der Waals surface area contributed by atoms with Crippen LogP contribution < -0.4 is 0 Å². The van der Waals surface area contributed by atoms with E-state index in [0.29, 0.717) is 0 Å². The zero-order valence-corrected chi connectivity index (χ0v) is 21.4. The molecule has 0 aromatic heterocycles. The quantitative estimate of drug-likeness (QED) is 0.0895. The number of unbranched alkanes of at least 4 members (excludes halogenated alkanes) is 12. The van der Waals surface area contributed by atoms with Gasteiger partial charge >= 0.3 is 0 Å². The highest BCUT2D eigenvalue weighted by atomic mass is 79.9. The monoisotopic (exact) mass is 482 g/mol. The minimum atomic E-state index is 0.289. The number of rotatable bonds is 18. The van der Waals surface area contributed by atoms with Gasteiger partial charge in [0.05, 0.1) is 9.46 Å². The molecule has 0 atom stereocenters. The van der Waals surface area contributed by atoms with Gasteiger partial charge in [-0.1, -0.05) is 121 Å². The Morgan fingerprint density at radius 1 is 0.792 bits per heavy atom. The minimum Gasteiger partial charge on any atom is -0.377 e. The summed E-state index contributed by atoms with van der Waals surface area (Å²) in [4.78, 5) is 0. The fraction of sp³-hybridized carbons (Fsp3) is 0.900. The SMILES string of the molecule is C=C(C)COCCCCCCCCCCCCCCCC([SiH3])(Br)Br. The van der Waals surface area contributed by atoms with Crippen molar-refractivity contribution < 1.29 is 4.74 Å². The average Bonchev–Trinajstić information content (AvgIpc) is 2.49. The smallest absolute Gasteiger partial charge is 0.0671 e. The van der Waals surface area contributed by atoms with E-state index >= 15 is 0 Å². The Morgan fingerprint density at radius 2 is 1.17 bits per heavy atom. The fourth-order valence-corrected chi connectivity index (χ4v) is 3.74. The highest BCUT2D eigenvalue weighted by molar-refractivity contribution is 9.26. The summed E-state index contributed by atoms with van der Waals surface area (Å²) in [6.45, 7) is 7.49. The maximum Gasteiger partial charge on any atom is 0.0671 e. The molecule has 0 saturated carbocycles. The van der Waals surface area contributed by atoms with Crippen LogP contribution in [0.15, 0.2) is 12.2 Å². The molecule has 0 rings (SSSR count). The molecule has 0 amide bonds. The van der Waals surface area contributed by atoms with Gasteiger partial charge in [-0.15, -0.1) is 0 Å². The van der Waals surface area contributed by atoms with E-state index in [0.717, 1.165) is 18.8 Å². The van der Waals surface area contributed by atoms with Gasteiger partial charge in [-0.2, -0.15) is 0 Å². The fourth-order valence-electron chi connectivity index (χ4n) is 2.83. The third-order valence-electron chi connectivity index (χ3n) is 4.25. The second kappa shape index (κ2) is 17.3. The Bertz CT molecular complexity index is 290. The molecule has 0 aliphatic heterocycles. The first kappa shape index (κ1) is 24.9. The second-order valence-corrected chi connectivity index (χ2v) is 16.6. The van der Waals surface area contributed by atoms with Gasteiger partial charge in [-0.05, 0) is 19.8 Å². The number of hydrogen-bond donors (Lipinski definition) is 0. The van der Waals surface area contributed by atoms with E-state index in [1.807, 2.05) is 6.92 Å². The lowest BCUT2D eigenvalue weighted by Gasteiger charge is -2.13. The molecule has 0 aliphatic rings. The maximum absolute atomic E-state index is 5.52. The summed E-state index contributed by atoms with van der Waals surface area (Å²) >= 11 is 7.39. The molecular formula is C20H40Br2OSi. The molecule has 0 fully saturated rings. The van der Waals surface area contributed by atoms with Crippen LogP contribution in [0.3, 0.4) is 0 Å². The van der Waals surface area contributed by atoms with Crippen molar-refractivity contribution in [2.75, 3.05) is 13.2 Å². The highest BCUT2D eigenvalue weighted by Crippen LogP contribution is 2.28. The van der Waals surface area contributed by atoms with Crippen LogP contribution in [0.2, 0.25) is 0 Å². The second-order valence-electron chi connectivity index (χ2n) is 7.43. The first-order chi connectivity index (χ1) is 11.4. The van der Waals surface area contributed by atoms with E-state index < -0.39 is 0 Å². The van der Waals surface area contributed by atoms with Gasteiger partial charge in [0.1, 0.15) is 0 Å². The van der Waals surface area contributed by atoms with Gasteiger partial charge in [0.2, 0.25) is 0 Å². The molecule has 0 bridgehead atoms. The van der Waals surface area contributed by atoms with Gasteiger partial charge < -0.3 is 4.74 Å². The molecule has 0 aromatic carbocycles. The third kappa shape index (κ3) is 22.9. The van der Waals surface area contributed by atoms with Gasteiger partial charge in [0.25, 0.3) is 0 Å². The number of halogens is 2. The van der Waals surface area contributed by atoms with Crippen molar-refractivity contribution in [1.29, 1.82) is 0 Å². The van der Waals surface area contributed by atoms with E-state index in [1.165, 1.54) is 100 Å². The highest BCUT2D eigenvalue weighted by Gasteiger charge is 2.13. The van der Waals surface area contributed by atoms with Gasteiger partial charge in [0.15, 0.2) is 0 Å². The summed E-state index contributed by atoms with van der Waals surface area (Å²) in [5.41, 5.74) is 1.12. The van der Waals surface area contributed by atoms with E-state index in [4.69, 9.17) is 4.74 Å². The van der Waals surface area contributed by atoms with Gasteiger partial charge in [-0.3, -0.25) is 0 Å².